The highest BCUT2D eigenvalue weighted by Gasteiger charge is 2.18. The molecule has 0 spiro atoms. The molecule has 1 rings (SSSR count). The summed E-state index contributed by atoms with van der Waals surface area (Å²) in [6.07, 6.45) is 2.67. The zero-order chi connectivity index (χ0) is 12.1. The van der Waals surface area contributed by atoms with Crippen LogP contribution in [0.4, 0.5) is 8.78 Å². The lowest BCUT2D eigenvalue weighted by atomic mass is 10.1. The number of methoxy groups -OCH3 is 1. The Morgan fingerprint density at radius 2 is 2.00 bits per heavy atom. The van der Waals surface area contributed by atoms with Crippen molar-refractivity contribution in [2.75, 3.05) is 13.7 Å². The van der Waals surface area contributed by atoms with Crippen molar-refractivity contribution in [3.63, 3.8) is 0 Å². The molecule has 1 aromatic rings. The molecule has 0 aromatic heterocycles. The first-order chi connectivity index (χ1) is 7.60. The highest BCUT2D eigenvalue weighted by atomic mass is 19.1. The number of hydrogen-bond donors (Lipinski definition) is 1. The van der Waals surface area contributed by atoms with Crippen molar-refractivity contribution in [2.45, 2.75) is 0 Å². The molecule has 0 radical (unpaired) electrons. The molecule has 0 aliphatic carbocycles. The Hall–Kier alpha value is -1.75. The molecule has 0 saturated heterocycles. The average Bonchev–Trinajstić information content (AvgIpc) is 2.25. The average molecular weight is 228 g/mol. The topological polar surface area (TPSA) is 46.5 Å². The van der Waals surface area contributed by atoms with Crippen molar-refractivity contribution in [3.05, 3.63) is 41.0 Å². The van der Waals surface area contributed by atoms with Gasteiger partial charge in [0.2, 0.25) is 0 Å². The van der Waals surface area contributed by atoms with Crippen LogP contribution in [0.15, 0.2) is 18.2 Å². The van der Waals surface area contributed by atoms with Crippen molar-refractivity contribution in [3.8, 4) is 0 Å². The summed E-state index contributed by atoms with van der Waals surface area (Å²) in [5.41, 5.74) is -0.500. The number of aliphatic hydroxyl groups is 1. The van der Waals surface area contributed by atoms with Crippen molar-refractivity contribution in [1.29, 1.82) is 0 Å². The van der Waals surface area contributed by atoms with Crippen molar-refractivity contribution in [1.82, 2.24) is 0 Å². The summed E-state index contributed by atoms with van der Waals surface area (Å²) in [5.74, 6) is -3.05. The first kappa shape index (κ1) is 12.3. The molecule has 0 amide bonds. The van der Waals surface area contributed by atoms with E-state index in [1.54, 1.807) is 0 Å². The van der Waals surface area contributed by atoms with Gasteiger partial charge in [-0.2, -0.15) is 0 Å². The molecule has 5 heteroatoms. The van der Waals surface area contributed by atoms with Crippen LogP contribution >= 0.6 is 0 Å². The molecule has 0 bridgehead atoms. The number of ether oxygens (including phenoxy) is 1. The summed E-state index contributed by atoms with van der Waals surface area (Å²) < 4.78 is 30.9. The van der Waals surface area contributed by atoms with Gasteiger partial charge in [-0.05, 0) is 17.7 Å². The lowest BCUT2D eigenvalue weighted by Crippen LogP contribution is -2.08. The molecule has 0 atom stereocenters. The van der Waals surface area contributed by atoms with E-state index in [9.17, 15) is 13.6 Å². The van der Waals surface area contributed by atoms with Crippen LogP contribution in [0, 0.1) is 11.6 Å². The lowest BCUT2D eigenvalue weighted by Gasteiger charge is -2.04. The third kappa shape index (κ3) is 2.64. The molecule has 86 valence electrons. The highest BCUT2D eigenvalue weighted by Crippen LogP contribution is 2.17. The number of rotatable bonds is 3. The van der Waals surface area contributed by atoms with E-state index in [0.29, 0.717) is 0 Å². The van der Waals surface area contributed by atoms with Crippen molar-refractivity contribution < 1.29 is 23.4 Å². The second kappa shape index (κ2) is 5.37. The van der Waals surface area contributed by atoms with Crippen LogP contribution in [0.1, 0.15) is 15.9 Å². The molecular formula is C11H10F2O3. The summed E-state index contributed by atoms with van der Waals surface area (Å²) >= 11 is 0. The number of halogens is 2. The van der Waals surface area contributed by atoms with Gasteiger partial charge in [-0.25, -0.2) is 13.6 Å². The molecule has 0 heterocycles. The Morgan fingerprint density at radius 3 is 2.44 bits per heavy atom. The van der Waals surface area contributed by atoms with Gasteiger partial charge in [-0.1, -0.05) is 12.2 Å². The summed E-state index contributed by atoms with van der Waals surface area (Å²) in [6, 6.07) is 1.98. The summed E-state index contributed by atoms with van der Waals surface area (Å²) in [4.78, 5) is 11.0. The zero-order valence-corrected chi connectivity index (χ0v) is 8.54. The maximum absolute atomic E-state index is 13.3. The Bertz CT molecular complexity index is 404. The van der Waals surface area contributed by atoms with E-state index in [4.69, 9.17) is 5.11 Å². The van der Waals surface area contributed by atoms with Gasteiger partial charge in [0, 0.05) is 0 Å². The van der Waals surface area contributed by atoms with Gasteiger partial charge in [-0.15, -0.1) is 0 Å². The monoisotopic (exact) mass is 228 g/mol. The predicted molar refractivity (Wildman–Crippen MR) is 53.8 cm³/mol. The van der Waals surface area contributed by atoms with Gasteiger partial charge in [0.15, 0.2) is 0 Å². The molecule has 0 aliphatic heterocycles. The minimum atomic E-state index is -1.06. The number of benzene rings is 1. The Balaban J connectivity index is 3.17. The minimum Gasteiger partial charge on any atom is -0.465 e. The van der Waals surface area contributed by atoms with Gasteiger partial charge in [0.25, 0.3) is 0 Å². The number of carbonyl (C=O) groups excluding carboxylic acids is 1. The minimum absolute atomic E-state index is 0.219. The molecule has 0 saturated carbocycles. The van der Waals surface area contributed by atoms with E-state index in [1.807, 2.05) is 0 Å². The van der Waals surface area contributed by atoms with E-state index in [0.717, 1.165) is 19.2 Å². The van der Waals surface area contributed by atoms with Gasteiger partial charge >= 0.3 is 5.97 Å². The second-order valence-electron chi connectivity index (χ2n) is 2.94. The van der Waals surface area contributed by atoms with Crippen LogP contribution in [0.2, 0.25) is 0 Å². The van der Waals surface area contributed by atoms with Crippen molar-refractivity contribution in [2.24, 2.45) is 0 Å². The highest BCUT2D eigenvalue weighted by molar-refractivity contribution is 5.90. The fourth-order valence-electron chi connectivity index (χ4n) is 1.17. The lowest BCUT2D eigenvalue weighted by molar-refractivity contribution is 0.0590. The van der Waals surface area contributed by atoms with E-state index in [1.165, 1.54) is 12.2 Å². The van der Waals surface area contributed by atoms with Crippen LogP contribution in [0.3, 0.4) is 0 Å². The molecule has 0 unspecified atom stereocenters. The summed E-state index contributed by atoms with van der Waals surface area (Å²) in [7, 11) is 1.04. The number of aliphatic hydroxyl groups excluding tert-OH is 1. The van der Waals surface area contributed by atoms with Crippen LogP contribution in [-0.4, -0.2) is 24.8 Å². The van der Waals surface area contributed by atoms with E-state index < -0.39 is 23.2 Å². The normalized spacial score (nSPS) is 10.8. The Kier molecular flexibility index (Phi) is 4.13. The second-order valence-corrected chi connectivity index (χ2v) is 2.94. The molecule has 1 N–H and O–H groups in total. The van der Waals surface area contributed by atoms with Gasteiger partial charge in [0.1, 0.15) is 17.2 Å². The molecule has 3 nitrogen and oxygen atoms in total. The van der Waals surface area contributed by atoms with E-state index in [2.05, 4.69) is 4.74 Å². The maximum Gasteiger partial charge on any atom is 0.343 e. The zero-order valence-electron chi connectivity index (χ0n) is 8.54. The largest absolute Gasteiger partial charge is 0.465 e. The smallest absolute Gasteiger partial charge is 0.343 e. The summed E-state index contributed by atoms with van der Waals surface area (Å²) in [6.45, 7) is -0.234. The molecule has 0 fully saturated rings. The maximum atomic E-state index is 13.3. The summed E-state index contributed by atoms with van der Waals surface area (Å²) in [5, 5.41) is 8.50. The van der Waals surface area contributed by atoms with E-state index in [-0.39, 0.29) is 12.2 Å². The predicted octanol–water partition coefficient (Wildman–Crippen LogP) is 1.76. The third-order valence-corrected chi connectivity index (χ3v) is 1.87. The Morgan fingerprint density at radius 1 is 1.44 bits per heavy atom. The molecule has 1 aromatic carbocycles. The SMILES string of the molecule is COC(=O)c1c(F)cc(C=CCO)cc1F. The third-order valence-electron chi connectivity index (χ3n) is 1.87. The van der Waals surface area contributed by atoms with Crippen LogP contribution < -0.4 is 0 Å². The van der Waals surface area contributed by atoms with E-state index >= 15 is 0 Å². The quantitative estimate of drug-likeness (QED) is 0.802. The molecule has 16 heavy (non-hydrogen) atoms. The fourth-order valence-corrected chi connectivity index (χ4v) is 1.17. The molecular weight excluding hydrogens is 218 g/mol. The van der Waals surface area contributed by atoms with Crippen molar-refractivity contribution >= 4 is 12.0 Å². The first-order valence-corrected chi connectivity index (χ1v) is 4.45. The number of carbonyl (C=O) groups is 1. The standard InChI is InChI=1S/C11H10F2O3/c1-16-11(15)10-8(12)5-7(3-2-4-14)6-9(10)13/h2-3,5-6,14H,4H2,1H3. The van der Waals surface area contributed by atoms with Crippen LogP contribution in [0.25, 0.3) is 6.08 Å². The van der Waals surface area contributed by atoms with Gasteiger partial charge < -0.3 is 9.84 Å². The first-order valence-electron chi connectivity index (χ1n) is 4.45. The molecule has 0 aliphatic rings. The number of esters is 1. The fraction of sp³-hybridized carbons (Fsp3) is 0.182. The Labute approximate surface area is 91.0 Å². The number of hydrogen-bond acceptors (Lipinski definition) is 3. The van der Waals surface area contributed by atoms with Gasteiger partial charge in [0.05, 0.1) is 13.7 Å². The van der Waals surface area contributed by atoms with Crippen LogP contribution in [-0.2, 0) is 4.74 Å². The van der Waals surface area contributed by atoms with Crippen LogP contribution in [0.5, 0.6) is 0 Å². The van der Waals surface area contributed by atoms with Gasteiger partial charge in [-0.3, -0.25) is 0 Å².